The Morgan fingerprint density at radius 2 is 1.92 bits per heavy atom. The van der Waals surface area contributed by atoms with Crippen molar-refractivity contribution in [3.05, 3.63) is 59.2 Å². The highest BCUT2D eigenvalue weighted by Gasteiger charge is 2.13. The van der Waals surface area contributed by atoms with Gasteiger partial charge in [0.1, 0.15) is 11.8 Å². The van der Waals surface area contributed by atoms with E-state index in [0.717, 1.165) is 6.29 Å². The van der Waals surface area contributed by atoms with Crippen LogP contribution < -0.4 is 5.73 Å². The topological polar surface area (TPSA) is 106 Å². The Morgan fingerprint density at radius 1 is 1.17 bits per heavy atom. The average molecular weight is 339 g/mol. The van der Waals surface area contributed by atoms with Gasteiger partial charge in [0.05, 0.1) is 16.8 Å². The number of para-hydroxylation sites is 1. The second kappa shape index (κ2) is 6.67. The van der Waals surface area contributed by atoms with E-state index in [1.54, 1.807) is 42.5 Å². The van der Waals surface area contributed by atoms with Crippen LogP contribution in [-0.4, -0.2) is 33.7 Å². The summed E-state index contributed by atoms with van der Waals surface area (Å²) in [5, 5.41) is 0.538. The molecule has 0 aliphatic heterocycles. The SMILES string of the molecule is NC(=O)c1cccc2[nH]c(SCC(=O)c3ccc(C=O)cc3)nc12. The van der Waals surface area contributed by atoms with Gasteiger partial charge in [0.2, 0.25) is 0 Å². The molecule has 3 N–H and O–H groups in total. The molecular formula is C17H13N3O3S. The number of carbonyl (C=O) groups excluding carboxylic acids is 3. The van der Waals surface area contributed by atoms with Crippen molar-refractivity contribution in [3.8, 4) is 0 Å². The molecule has 0 spiro atoms. The molecule has 0 unspecified atom stereocenters. The van der Waals surface area contributed by atoms with Crippen molar-refractivity contribution < 1.29 is 14.4 Å². The molecule has 2 aromatic carbocycles. The Morgan fingerprint density at radius 3 is 2.58 bits per heavy atom. The maximum Gasteiger partial charge on any atom is 0.250 e. The Labute approximate surface area is 141 Å². The molecule has 1 aromatic heterocycles. The number of nitrogens with two attached hydrogens (primary N) is 1. The molecule has 0 saturated carbocycles. The van der Waals surface area contributed by atoms with Gasteiger partial charge in [0, 0.05) is 11.1 Å². The van der Waals surface area contributed by atoms with Gasteiger partial charge >= 0.3 is 0 Å². The lowest BCUT2D eigenvalue weighted by molar-refractivity contribution is 0.0998. The minimum Gasteiger partial charge on any atom is -0.366 e. The van der Waals surface area contributed by atoms with Crippen LogP contribution in [0.2, 0.25) is 0 Å². The van der Waals surface area contributed by atoms with Crippen molar-refractivity contribution in [1.82, 2.24) is 9.97 Å². The zero-order valence-electron chi connectivity index (χ0n) is 12.5. The summed E-state index contributed by atoms with van der Waals surface area (Å²) in [6.45, 7) is 0. The van der Waals surface area contributed by atoms with Crippen LogP contribution in [0.1, 0.15) is 31.1 Å². The van der Waals surface area contributed by atoms with Gasteiger partial charge in [-0.2, -0.15) is 0 Å². The maximum absolute atomic E-state index is 12.2. The Hall–Kier alpha value is -2.93. The van der Waals surface area contributed by atoms with Crippen LogP contribution in [0, 0.1) is 0 Å². The number of hydrogen-bond acceptors (Lipinski definition) is 5. The third-order valence-electron chi connectivity index (χ3n) is 3.47. The number of aldehydes is 1. The summed E-state index contributed by atoms with van der Waals surface area (Å²) in [4.78, 5) is 41.6. The molecule has 0 aliphatic carbocycles. The predicted octanol–water partition coefficient (Wildman–Crippen LogP) is 2.45. The molecule has 3 rings (SSSR count). The Kier molecular flexibility index (Phi) is 4.43. The lowest BCUT2D eigenvalue weighted by atomic mass is 10.1. The van der Waals surface area contributed by atoms with Gasteiger partial charge in [-0.25, -0.2) is 4.98 Å². The molecule has 7 heteroatoms. The van der Waals surface area contributed by atoms with Gasteiger partial charge in [0.15, 0.2) is 10.9 Å². The number of primary amides is 1. The fourth-order valence-corrected chi connectivity index (χ4v) is 3.01. The molecule has 3 aromatic rings. The standard InChI is InChI=1S/C17H13N3O3S/c18-16(23)12-2-1-3-13-15(12)20-17(19-13)24-9-14(22)11-6-4-10(8-21)5-7-11/h1-8H,9H2,(H2,18,23)(H,19,20). The molecule has 0 saturated heterocycles. The van der Waals surface area contributed by atoms with Gasteiger partial charge < -0.3 is 10.7 Å². The van der Waals surface area contributed by atoms with E-state index in [1.807, 2.05) is 0 Å². The van der Waals surface area contributed by atoms with Crippen LogP contribution in [0.15, 0.2) is 47.6 Å². The first-order valence-corrected chi connectivity index (χ1v) is 8.07. The van der Waals surface area contributed by atoms with Gasteiger partial charge in [0.25, 0.3) is 5.91 Å². The largest absolute Gasteiger partial charge is 0.366 e. The monoisotopic (exact) mass is 339 g/mol. The first-order chi connectivity index (χ1) is 11.6. The molecule has 0 fully saturated rings. The van der Waals surface area contributed by atoms with Crippen molar-refractivity contribution in [2.24, 2.45) is 5.73 Å². The molecule has 1 heterocycles. The number of amides is 1. The van der Waals surface area contributed by atoms with E-state index in [2.05, 4.69) is 9.97 Å². The Balaban J connectivity index is 1.75. The third kappa shape index (κ3) is 3.21. The second-order valence-electron chi connectivity index (χ2n) is 5.06. The number of nitrogens with zero attached hydrogens (tertiary/aromatic N) is 1. The smallest absolute Gasteiger partial charge is 0.250 e. The Bertz CT molecular complexity index is 932. The predicted molar refractivity (Wildman–Crippen MR) is 91.5 cm³/mol. The third-order valence-corrected chi connectivity index (χ3v) is 4.34. The molecule has 120 valence electrons. The highest BCUT2D eigenvalue weighted by atomic mass is 32.2. The highest BCUT2D eigenvalue weighted by molar-refractivity contribution is 7.99. The number of fused-ring (bicyclic) bond motifs is 1. The van der Waals surface area contributed by atoms with Crippen molar-refractivity contribution in [2.45, 2.75) is 5.16 Å². The minimum atomic E-state index is -0.546. The molecular weight excluding hydrogens is 326 g/mol. The molecule has 0 bridgehead atoms. The van der Waals surface area contributed by atoms with Crippen LogP contribution in [0.4, 0.5) is 0 Å². The van der Waals surface area contributed by atoms with Crippen LogP contribution in [0.3, 0.4) is 0 Å². The molecule has 0 radical (unpaired) electrons. The zero-order valence-corrected chi connectivity index (χ0v) is 13.3. The van der Waals surface area contributed by atoms with E-state index in [0.29, 0.717) is 32.9 Å². The number of H-pyrrole nitrogens is 1. The van der Waals surface area contributed by atoms with Crippen LogP contribution >= 0.6 is 11.8 Å². The maximum atomic E-state index is 12.2. The van der Waals surface area contributed by atoms with Crippen LogP contribution in [-0.2, 0) is 0 Å². The molecule has 24 heavy (non-hydrogen) atoms. The van der Waals surface area contributed by atoms with Crippen molar-refractivity contribution in [2.75, 3.05) is 5.75 Å². The van der Waals surface area contributed by atoms with Crippen LogP contribution in [0.25, 0.3) is 11.0 Å². The lowest BCUT2D eigenvalue weighted by Gasteiger charge is -1.99. The fourth-order valence-electron chi connectivity index (χ4n) is 2.24. The summed E-state index contributed by atoms with van der Waals surface area (Å²) >= 11 is 1.24. The normalized spacial score (nSPS) is 10.7. The zero-order chi connectivity index (χ0) is 17.1. The number of nitrogens with one attached hydrogen (secondary N) is 1. The van der Waals surface area contributed by atoms with Crippen molar-refractivity contribution in [3.63, 3.8) is 0 Å². The summed E-state index contributed by atoms with van der Waals surface area (Å²) in [7, 11) is 0. The van der Waals surface area contributed by atoms with Gasteiger partial charge in [-0.15, -0.1) is 0 Å². The van der Waals surface area contributed by atoms with E-state index < -0.39 is 5.91 Å². The van der Waals surface area contributed by atoms with E-state index in [9.17, 15) is 14.4 Å². The summed E-state index contributed by atoms with van der Waals surface area (Å²) in [5.41, 5.74) is 7.91. The highest BCUT2D eigenvalue weighted by Crippen LogP contribution is 2.22. The van der Waals surface area contributed by atoms with E-state index in [-0.39, 0.29) is 11.5 Å². The number of Topliss-reactive ketones (excluding diaryl/α,β-unsaturated/α-hetero) is 1. The van der Waals surface area contributed by atoms with E-state index >= 15 is 0 Å². The minimum absolute atomic E-state index is 0.0759. The first-order valence-electron chi connectivity index (χ1n) is 7.08. The van der Waals surface area contributed by atoms with Crippen LogP contribution in [0.5, 0.6) is 0 Å². The van der Waals surface area contributed by atoms with Gasteiger partial charge in [-0.05, 0) is 12.1 Å². The number of rotatable bonds is 6. The number of benzene rings is 2. The van der Waals surface area contributed by atoms with Gasteiger partial charge in [-0.1, -0.05) is 42.1 Å². The van der Waals surface area contributed by atoms with Gasteiger partial charge in [-0.3, -0.25) is 14.4 Å². The number of aromatic nitrogens is 2. The summed E-state index contributed by atoms with van der Waals surface area (Å²) in [5.74, 6) is -0.436. The summed E-state index contributed by atoms with van der Waals surface area (Å²) < 4.78 is 0. The summed E-state index contributed by atoms with van der Waals surface area (Å²) in [6.07, 6.45) is 0.730. The molecule has 0 atom stereocenters. The number of ketones is 1. The molecule has 1 amide bonds. The van der Waals surface area contributed by atoms with E-state index in [1.165, 1.54) is 11.8 Å². The fraction of sp³-hybridized carbons (Fsp3) is 0.0588. The first kappa shape index (κ1) is 15.9. The lowest BCUT2D eigenvalue weighted by Crippen LogP contribution is -2.11. The quantitative estimate of drug-likeness (QED) is 0.408. The molecule has 0 aliphatic rings. The number of carbonyl (C=O) groups is 3. The number of aromatic amines is 1. The van der Waals surface area contributed by atoms with Crippen molar-refractivity contribution in [1.29, 1.82) is 0 Å². The van der Waals surface area contributed by atoms with Crippen molar-refractivity contribution >= 4 is 40.8 Å². The number of thioether (sulfide) groups is 1. The number of imidazole rings is 1. The average Bonchev–Trinajstić information content (AvgIpc) is 3.02. The second-order valence-corrected chi connectivity index (χ2v) is 6.02. The van der Waals surface area contributed by atoms with E-state index in [4.69, 9.17) is 5.73 Å². The molecule has 6 nitrogen and oxygen atoms in total. The number of hydrogen-bond donors (Lipinski definition) is 2. The summed E-state index contributed by atoms with van der Waals surface area (Å²) in [6, 6.07) is 11.6.